The third-order valence-corrected chi connectivity index (χ3v) is 3.02. The van der Waals surface area contributed by atoms with Crippen molar-refractivity contribution in [3.05, 3.63) is 34.9 Å². The fraction of sp³-hybridized carbons (Fsp3) is 0.462. The maximum Gasteiger partial charge on any atom is 0.323 e. The van der Waals surface area contributed by atoms with E-state index in [-0.39, 0.29) is 24.2 Å². The lowest BCUT2D eigenvalue weighted by molar-refractivity contribution is -0.143. The van der Waals surface area contributed by atoms with Crippen LogP contribution in [0.2, 0.25) is 5.02 Å². The van der Waals surface area contributed by atoms with Crippen LogP contribution in [0.5, 0.6) is 0 Å². The molecule has 0 amide bonds. The van der Waals surface area contributed by atoms with Gasteiger partial charge in [0, 0.05) is 17.5 Å². The average molecular weight is 254 g/mol. The molecule has 0 aromatic heterocycles. The monoisotopic (exact) mass is 253 g/mol. The summed E-state index contributed by atoms with van der Waals surface area (Å²) in [5, 5.41) is 3.89. The Bertz CT molecular complexity index is 402. The molecule has 2 unspecified atom stereocenters. The van der Waals surface area contributed by atoms with E-state index in [1.54, 1.807) is 0 Å². The Morgan fingerprint density at radius 2 is 2.00 bits per heavy atom. The standard InChI is InChI=1S/C13H16ClNO2/c1-8(2)15-11-7-12(17-13(11)16)9-3-5-10(14)6-4-9/h3-6,8,11-12,15H,7H2,1-2H3. The second kappa shape index (κ2) is 5.07. The van der Waals surface area contributed by atoms with E-state index < -0.39 is 0 Å². The Morgan fingerprint density at radius 1 is 1.35 bits per heavy atom. The second-order valence-corrected chi connectivity index (χ2v) is 5.02. The van der Waals surface area contributed by atoms with E-state index >= 15 is 0 Å². The molecule has 17 heavy (non-hydrogen) atoms. The molecule has 1 saturated heterocycles. The molecule has 1 aliphatic heterocycles. The van der Waals surface area contributed by atoms with Crippen molar-refractivity contribution in [1.29, 1.82) is 0 Å². The molecule has 3 nitrogen and oxygen atoms in total. The molecular weight excluding hydrogens is 238 g/mol. The van der Waals surface area contributed by atoms with Gasteiger partial charge in [0.15, 0.2) is 0 Å². The number of cyclic esters (lactones) is 1. The summed E-state index contributed by atoms with van der Waals surface area (Å²) in [4.78, 5) is 11.6. The van der Waals surface area contributed by atoms with Gasteiger partial charge < -0.3 is 10.1 Å². The van der Waals surface area contributed by atoms with E-state index in [1.165, 1.54) is 0 Å². The van der Waals surface area contributed by atoms with Gasteiger partial charge in [0.05, 0.1) is 0 Å². The van der Waals surface area contributed by atoms with Gasteiger partial charge in [-0.05, 0) is 17.7 Å². The highest BCUT2D eigenvalue weighted by Gasteiger charge is 2.35. The summed E-state index contributed by atoms with van der Waals surface area (Å²) < 4.78 is 5.36. The molecule has 0 saturated carbocycles. The third kappa shape index (κ3) is 2.99. The number of ether oxygens (including phenoxy) is 1. The molecule has 0 aliphatic carbocycles. The SMILES string of the molecule is CC(C)NC1CC(c2ccc(Cl)cc2)OC1=O. The Kier molecular flexibility index (Phi) is 3.69. The zero-order valence-corrected chi connectivity index (χ0v) is 10.7. The van der Waals surface area contributed by atoms with Crippen molar-refractivity contribution in [2.24, 2.45) is 0 Å². The zero-order chi connectivity index (χ0) is 12.4. The van der Waals surface area contributed by atoms with Crippen LogP contribution in [0.15, 0.2) is 24.3 Å². The van der Waals surface area contributed by atoms with Crippen LogP contribution in [-0.4, -0.2) is 18.1 Å². The van der Waals surface area contributed by atoms with Crippen LogP contribution < -0.4 is 5.32 Å². The molecule has 0 bridgehead atoms. The summed E-state index contributed by atoms with van der Waals surface area (Å²) in [6, 6.07) is 7.50. The van der Waals surface area contributed by atoms with Crippen molar-refractivity contribution in [3.63, 3.8) is 0 Å². The number of benzene rings is 1. The van der Waals surface area contributed by atoms with Gasteiger partial charge in [-0.25, -0.2) is 0 Å². The predicted octanol–water partition coefficient (Wildman–Crippen LogP) is 2.69. The van der Waals surface area contributed by atoms with Crippen molar-refractivity contribution in [1.82, 2.24) is 5.32 Å². The van der Waals surface area contributed by atoms with Crippen molar-refractivity contribution in [3.8, 4) is 0 Å². The van der Waals surface area contributed by atoms with Crippen molar-refractivity contribution < 1.29 is 9.53 Å². The first-order valence-corrected chi connectivity index (χ1v) is 6.16. The van der Waals surface area contributed by atoms with Gasteiger partial charge in [0.2, 0.25) is 0 Å². The molecular formula is C13H16ClNO2. The molecule has 2 atom stereocenters. The summed E-state index contributed by atoms with van der Waals surface area (Å²) >= 11 is 5.82. The molecule has 1 aliphatic rings. The number of esters is 1. The third-order valence-electron chi connectivity index (χ3n) is 2.77. The minimum atomic E-state index is -0.198. The maximum atomic E-state index is 11.6. The molecule has 2 rings (SSSR count). The number of carbonyl (C=O) groups excluding carboxylic acids is 1. The van der Waals surface area contributed by atoms with E-state index in [2.05, 4.69) is 5.32 Å². The van der Waals surface area contributed by atoms with Crippen LogP contribution in [0.3, 0.4) is 0 Å². The Morgan fingerprint density at radius 3 is 2.59 bits per heavy atom. The number of carbonyl (C=O) groups is 1. The summed E-state index contributed by atoms with van der Waals surface area (Å²) in [5.74, 6) is -0.168. The molecule has 1 fully saturated rings. The van der Waals surface area contributed by atoms with Crippen molar-refractivity contribution >= 4 is 17.6 Å². The predicted molar refractivity (Wildman–Crippen MR) is 67.0 cm³/mol. The fourth-order valence-corrected chi connectivity index (χ4v) is 2.13. The van der Waals surface area contributed by atoms with Crippen LogP contribution in [-0.2, 0) is 9.53 Å². The molecule has 0 radical (unpaired) electrons. The number of hydrogen-bond acceptors (Lipinski definition) is 3. The number of hydrogen-bond donors (Lipinski definition) is 1. The van der Waals surface area contributed by atoms with Gasteiger partial charge >= 0.3 is 5.97 Å². The highest BCUT2D eigenvalue weighted by Crippen LogP contribution is 2.30. The molecule has 1 N–H and O–H groups in total. The highest BCUT2D eigenvalue weighted by atomic mass is 35.5. The Labute approximate surface area is 106 Å². The molecule has 1 heterocycles. The van der Waals surface area contributed by atoms with Crippen LogP contribution in [0.1, 0.15) is 31.9 Å². The lowest BCUT2D eigenvalue weighted by Crippen LogP contribution is -2.37. The summed E-state index contributed by atoms with van der Waals surface area (Å²) in [6.07, 6.45) is 0.523. The molecule has 1 aromatic carbocycles. The molecule has 0 spiro atoms. The zero-order valence-electron chi connectivity index (χ0n) is 9.94. The first-order valence-electron chi connectivity index (χ1n) is 5.78. The second-order valence-electron chi connectivity index (χ2n) is 4.59. The van der Waals surface area contributed by atoms with Crippen LogP contribution >= 0.6 is 11.6 Å². The van der Waals surface area contributed by atoms with E-state index in [0.717, 1.165) is 5.56 Å². The van der Waals surface area contributed by atoms with Gasteiger partial charge in [-0.2, -0.15) is 0 Å². The Balaban J connectivity index is 2.05. The van der Waals surface area contributed by atoms with E-state index in [0.29, 0.717) is 11.4 Å². The van der Waals surface area contributed by atoms with Gasteiger partial charge in [0.1, 0.15) is 12.1 Å². The summed E-state index contributed by atoms with van der Waals surface area (Å²) in [5.41, 5.74) is 0.996. The number of nitrogens with one attached hydrogen (secondary N) is 1. The van der Waals surface area contributed by atoms with Crippen LogP contribution in [0.4, 0.5) is 0 Å². The van der Waals surface area contributed by atoms with Crippen LogP contribution in [0.25, 0.3) is 0 Å². The van der Waals surface area contributed by atoms with Gasteiger partial charge in [0.25, 0.3) is 0 Å². The lowest BCUT2D eigenvalue weighted by atomic mass is 10.0. The topological polar surface area (TPSA) is 38.3 Å². The lowest BCUT2D eigenvalue weighted by Gasteiger charge is -2.11. The van der Waals surface area contributed by atoms with Gasteiger partial charge in [-0.15, -0.1) is 0 Å². The fourth-order valence-electron chi connectivity index (χ4n) is 2.00. The largest absolute Gasteiger partial charge is 0.456 e. The van der Waals surface area contributed by atoms with Crippen LogP contribution in [0, 0.1) is 0 Å². The average Bonchev–Trinajstić information content (AvgIpc) is 2.60. The molecule has 1 aromatic rings. The van der Waals surface area contributed by atoms with Crippen molar-refractivity contribution in [2.75, 3.05) is 0 Å². The quantitative estimate of drug-likeness (QED) is 0.842. The summed E-state index contributed by atoms with van der Waals surface area (Å²) in [6.45, 7) is 4.03. The first-order chi connectivity index (χ1) is 8.06. The summed E-state index contributed by atoms with van der Waals surface area (Å²) in [7, 11) is 0. The van der Waals surface area contributed by atoms with Gasteiger partial charge in [-0.1, -0.05) is 37.6 Å². The molecule has 4 heteroatoms. The van der Waals surface area contributed by atoms with E-state index in [1.807, 2.05) is 38.1 Å². The Hall–Kier alpha value is -1.06. The highest BCUT2D eigenvalue weighted by molar-refractivity contribution is 6.30. The number of rotatable bonds is 3. The minimum absolute atomic E-state index is 0.156. The van der Waals surface area contributed by atoms with Gasteiger partial charge in [-0.3, -0.25) is 4.79 Å². The number of halogens is 1. The normalized spacial score (nSPS) is 24.1. The molecule has 92 valence electrons. The van der Waals surface area contributed by atoms with E-state index in [4.69, 9.17) is 16.3 Å². The maximum absolute atomic E-state index is 11.6. The minimum Gasteiger partial charge on any atom is -0.456 e. The first kappa shape index (κ1) is 12.4. The van der Waals surface area contributed by atoms with E-state index in [9.17, 15) is 4.79 Å². The van der Waals surface area contributed by atoms with Crippen molar-refractivity contribution in [2.45, 2.75) is 38.5 Å². The smallest absolute Gasteiger partial charge is 0.323 e.